The van der Waals surface area contributed by atoms with E-state index in [1.54, 1.807) is 0 Å². The molecule has 28 heavy (non-hydrogen) atoms. The number of ether oxygens (including phenoxy) is 3. The normalized spacial score (nSPS) is 16.8. The summed E-state index contributed by atoms with van der Waals surface area (Å²) >= 11 is 0. The Morgan fingerprint density at radius 3 is 3.18 bits per heavy atom. The summed E-state index contributed by atoms with van der Waals surface area (Å²) in [6.07, 6.45) is 2.62. The zero-order chi connectivity index (χ0) is 23.5. The first-order valence-electron chi connectivity index (χ1n) is 10.7. The molecule has 5 rings (SSSR count). The summed E-state index contributed by atoms with van der Waals surface area (Å²) in [5.74, 6) is -0.419. The number of fused-ring (bicyclic) bond motifs is 4. The van der Waals surface area contributed by atoms with Crippen LogP contribution in [0.4, 0.5) is 4.39 Å². The Labute approximate surface area is 164 Å². The van der Waals surface area contributed by atoms with Gasteiger partial charge in [0.25, 0.3) is 0 Å². The average molecular weight is 387 g/mol. The van der Waals surface area contributed by atoms with E-state index in [0.717, 1.165) is 10.6 Å². The van der Waals surface area contributed by atoms with Gasteiger partial charge in [0.15, 0.2) is 17.1 Å². The van der Waals surface area contributed by atoms with Crippen LogP contribution in [-0.2, 0) is 0 Å². The Bertz CT molecular complexity index is 1470. The Morgan fingerprint density at radius 2 is 2.29 bits per heavy atom. The van der Waals surface area contributed by atoms with E-state index >= 15 is 4.39 Å². The lowest BCUT2D eigenvalue weighted by atomic mass is 10.1. The number of imidazole rings is 1. The number of benzene rings is 1. The molecule has 0 amide bonds. The Kier molecular flexibility index (Phi) is 2.66. The molecule has 1 aliphatic heterocycles. The quantitative estimate of drug-likeness (QED) is 0.581. The number of nitrogens with zero attached hydrogens (tertiary/aromatic N) is 3. The third-order valence-corrected chi connectivity index (χ3v) is 4.38. The highest BCUT2D eigenvalue weighted by molar-refractivity contribution is 5.90. The van der Waals surface area contributed by atoms with Crippen molar-refractivity contribution in [1.29, 1.82) is 0 Å². The molecule has 1 aliphatic rings. The third kappa shape index (κ3) is 2.39. The summed E-state index contributed by atoms with van der Waals surface area (Å²) in [7, 11) is 0. The second-order valence-electron chi connectivity index (χ2n) is 5.95. The number of aromatic amines is 1. The Balaban J connectivity index is 1.76. The maximum absolute atomic E-state index is 15.2. The van der Waals surface area contributed by atoms with Gasteiger partial charge in [0.2, 0.25) is 0 Å². The SMILES string of the molecule is [2H]C([2H])([2H])C([2H])([2H])Oc1ccnc2[nH]c(=O)n(-c3cc4c5c(cnc4cc3F)OCCO5)c12. The second-order valence-corrected chi connectivity index (χ2v) is 5.95. The molecule has 0 saturated carbocycles. The number of halogens is 1. The Hall–Kier alpha value is -3.62. The van der Waals surface area contributed by atoms with Gasteiger partial charge in [0, 0.05) is 27.8 Å². The lowest BCUT2D eigenvalue weighted by Crippen LogP contribution is -2.17. The highest BCUT2D eigenvalue weighted by atomic mass is 19.1. The van der Waals surface area contributed by atoms with E-state index in [-0.39, 0.29) is 34.7 Å². The molecular weight excluding hydrogens is 367 g/mol. The van der Waals surface area contributed by atoms with Crippen molar-refractivity contribution >= 4 is 22.1 Å². The predicted molar refractivity (Wildman–Crippen MR) is 99.1 cm³/mol. The zero-order valence-corrected chi connectivity index (χ0v) is 14.2. The largest absolute Gasteiger partial charge is 0.491 e. The molecule has 4 heterocycles. The highest BCUT2D eigenvalue weighted by Crippen LogP contribution is 2.38. The number of H-pyrrole nitrogens is 1. The van der Waals surface area contributed by atoms with Gasteiger partial charge in [0.1, 0.15) is 30.3 Å². The molecule has 0 bridgehead atoms. The summed E-state index contributed by atoms with van der Waals surface area (Å²) < 4.78 is 70.1. The van der Waals surface area contributed by atoms with Gasteiger partial charge in [-0.15, -0.1) is 0 Å². The van der Waals surface area contributed by atoms with E-state index < -0.39 is 24.9 Å². The fourth-order valence-electron chi connectivity index (χ4n) is 3.25. The molecule has 0 spiro atoms. The van der Waals surface area contributed by atoms with E-state index in [0.29, 0.717) is 23.5 Å². The molecule has 9 heteroatoms. The van der Waals surface area contributed by atoms with Crippen LogP contribution < -0.4 is 19.9 Å². The van der Waals surface area contributed by atoms with E-state index in [4.69, 9.17) is 21.1 Å². The first-order valence-corrected chi connectivity index (χ1v) is 8.24. The molecule has 0 aliphatic carbocycles. The maximum atomic E-state index is 15.2. The minimum absolute atomic E-state index is 0.0499. The van der Waals surface area contributed by atoms with Crippen molar-refractivity contribution in [2.45, 2.75) is 6.85 Å². The van der Waals surface area contributed by atoms with Crippen LogP contribution in [0.3, 0.4) is 0 Å². The maximum Gasteiger partial charge on any atom is 0.332 e. The van der Waals surface area contributed by atoms with Crippen LogP contribution >= 0.6 is 0 Å². The van der Waals surface area contributed by atoms with E-state index in [9.17, 15) is 4.79 Å². The summed E-state index contributed by atoms with van der Waals surface area (Å²) in [6.45, 7) is -5.61. The molecular formula is C19H15FN4O4. The van der Waals surface area contributed by atoms with Crippen molar-refractivity contribution in [3.8, 4) is 22.9 Å². The van der Waals surface area contributed by atoms with Gasteiger partial charge >= 0.3 is 5.69 Å². The first-order chi connectivity index (χ1) is 15.6. The predicted octanol–water partition coefficient (Wildman–Crippen LogP) is 2.57. The summed E-state index contributed by atoms with van der Waals surface area (Å²) in [4.78, 5) is 23.4. The molecule has 0 radical (unpaired) electrons. The number of hydrogen-bond acceptors (Lipinski definition) is 6. The molecule has 8 nitrogen and oxygen atoms in total. The topological polar surface area (TPSA) is 91.3 Å². The van der Waals surface area contributed by atoms with Crippen LogP contribution in [0.1, 0.15) is 13.7 Å². The molecule has 0 fully saturated rings. The van der Waals surface area contributed by atoms with Gasteiger partial charge in [-0.1, -0.05) is 0 Å². The summed E-state index contributed by atoms with van der Waals surface area (Å²) in [5, 5.41) is 0.383. The van der Waals surface area contributed by atoms with E-state index in [1.807, 2.05) is 0 Å². The fraction of sp³-hybridized carbons (Fsp3) is 0.211. The van der Waals surface area contributed by atoms with Crippen LogP contribution in [-0.4, -0.2) is 39.3 Å². The molecule has 3 aromatic heterocycles. The van der Waals surface area contributed by atoms with Gasteiger partial charge in [0.05, 0.1) is 26.7 Å². The van der Waals surface area contributed by atoms with Crippen molar-refractivity contribution in [1.82, 2.24) is 19.5 Å². The lowest BCUT2D eigenvalue weighted by molar-refractivity contribution is 0.173. The van der Waals surface area contributed by atoms with Crippen LogP contribution in [0.15, 0.2) is 35.4 Å². The first kappa shape index (κ1) is 12.0. The molecule has 0 saturated heterocycles. The number of rotatable bonds is 3. The summed E-state index contributed by atoms with van der Waals surface area (Å²) in [6, 6.07) is 3.65. The second kappa shape index (κ2) is 6.22. The van der Waals surface area contributed by atoms with Gasteiger partial charge < -0.3 is 14.2 Å². The van der Waals surface area contributed by atoms with Gasteiger partial charge in [-0.2, -0.15) is 0 Å². The van der Waals surface area contributed by atoms with Gasteiger partial charge in [-0.05, 0) is 12.9 Å². The number of aromatic nitrogens is 4. The third-order valence-electron chi connectivity index (χ3n) is 4.38. The van der Waals surface area contributed by atoms with Crippen LogP contribution in [0.25, 0.3) is 27.8 Å². The number of pyridine rings is 2. The van der Waals surface area contributed by atoms with Crippen LogP contribution in [0.2, 0.25) is 0 Å². The minimum Gasteiger partial charge on any atom is -0.491 e. The molecule has 4 aromatic rings. The molecule has 0 unspecified atom stereocenters. The van der Waals surface area contributed by atoms with Gasteiger partial charge in [-0.3, -0.25) is 14.5 Å². The minimum atomic E-state index is -3.12. The smallest absolute Gasteiger partial charge is 0.332 e. The molecule has 1 N–H and O–H groups in total. The van der Waals surface area contributed by atoms with E-state index in [1.165, 1.54) is 24.5 Å². The fourth-order valence-corrected chi connectivity index (χ4v) is 3.25. The molecule has 0 atom stereocenters. The molecule has 142 valence electrons. The summed E-state index contributed by atoms with van der Waals surface area (Å²) in [5.41, 5.74) is -0.941. The van der Waals surface area contributed by atoms with Gasteiger partial charge in [-0.25, -0.2) is 14.2 Å². The van der Waals surface area contributed by atoms with Crippen molar-refractivity contribution in [2.24, 2.45) is 0 Å². The van der Waals surface area contributed by atoms with Crippen LogP contribution in [0, 0.1) is 5.82 Å². The van der Waals surface area contributed by atoms with Crippen molar-refractivity contribution < 1.29 is 25.5 Å². The van der Waals surface area contributed by atoms with Crippen LogP contribution in [0.5, 0.6) is 17.2 Å². The van der Waals surface area contributed by atoms with Crippen molar-refractivity contribution in [3.63, 3.8) is 0 Å². The van der Waals surface area contributed by atoms with Crippen molar-refractivity contribution in [3.05, 3.63) is 46.9 Å². The standard InChI is InChI=1S/C19H15FN4O4/c1-2-26-14-3-4-21-18-16(14)24(19(25)23-18)13-7-10-12(8-11(13)20)22-9-15-17(10)28-6-5-27-15/h3-4,7-9H,2,5-6H2,1H3,(H,21,23,25)/i1D3,2D2. The number of nitrogens with one attached hydrogen (secondary N) is 1. The monoisotopic (exact) mass is 387 g/mol. The zero-order valence-electron chi connectivity index (χ0n) is 19.2. The van der Waals surface area contributed by atoms with E-state index in [2.05, 4.69) is 15.0 Å². The lowest BCUT2D eigenvalue weighted by Gasteiger charge is -2.20. The number of hydrogen-bond donors (Lipinski definition) is 1. The molecule has 1 aromatic carbocycles. The Morgan fingerprint density at radius 1 is 1.39 bits per heavy atom. The average Bonchev–Trinajstić information content (AvgIpc) is 3.08. The highest BCUT2D eigenvalue weighted by Gasteiger charge is 2.22. The van der Waals surface area contributed by atoms with Crippen molar-refractivity contribution in [2.75, 3.05) is 19.8 Å².